The molecule has 1 amide bonds. The number of rotatable bonds is 6. The number of fused-ring (bicyclic) bond motifs is 2. The van der Waals surface area contributed by atoms with E-state index < -0.39 is 5.97 Å². The zero-order chi connectivity index (χ0) is 25.1. The van der Waals surface area contributed by atoms with E-state index in [-0.39, 0.29) is 12.5 Å². The van der Waals surface area contributed by atoms with Gasteiger partial charge >= 0.3 is 5.97 Å². The molecule has 5 rings (SSSR count). The third-order valence-electron chi connectivity index (χ3n) is 7.67. The summed E-state index contributed by atoms with van der Waals surface area (Å²) in [6.07, 6.45) is 3.80. The quantitative estimate of drug-likeness (QED) is 0.476. The summed E-state index contributed by atoms with van der Waals surface area (Å²) in [7, 11) is 0. The second-order valence-corrected chi connectivity index (χ2v) is 10.3. The standard InChI is InChI=1S/C30H35N3O3/c1-21(2)33-17-14-27-25(19-33)29(24-10-6-7-11-26(24)31-27)30(35)36-20-28(34)32-15-12-23(13-16-32)18-22-8-4-3-5-9-22/h3-11,21,23H,12-20H2,1-2H3. The van der Waals surface area contributed by atoms with E-state index in [0.717, 1.165) is 54.4 Å². The molecule has 1 aromatic heterocycles. The predicted molar refractivity (Wildman–Crippen MR) is 141 cm³/mol. The fourth-order valence-corrected chi connectivity index (χ4v) is 5.51. The Morgan fingerprint density at radius 2 is 1.72 bits per heavy atom. The van der Waals surface area contributed by atoms with Crippen LogP contribution in [0.3, 0.4) is 0 Å². The zero-order valence-corrected chi connectivity index (χ0v) is 21.3. The minimum Gasteiger partial charge on any atom is -0.452 e. The average molecular weight is 486 g/mol. The summed E-state index contributed by atoms with van der Waals surface area (Å²) in [4.78, 5) is 35.4. The summed E-state index contributed by atoms with van der Waals surface area (Å²) in [5.74, 6) is 0.0397. The molecule has 6 nitrogen and oxygen atoms in total. The number of carbonyl (C=O) groups is 2. The zero-order valence-electron chi connectivity index (χ0n) is 21.3. The molecule has 0 spiro atoms. The Morgan fingerprint density at radius 1 is 1.00 bits per heavy atom. The number of likely N-dealkylation sites (tertiary alicyclic amines) is 1. The minimum absolute atomic E-state index is 0.113. The predicted octanol–water partition coefficient (Wildman–Crippen LogP) is 4.64. The van der Waals surface area contributed by atoms with Crippen molar-refractivity contribution in [3.8, 4) is 0 Å². The van der Waals surface area contributed by atoms with Crippen LogP contribution in [0.5, 0.6) is 0 Å². The first-order valence-corrected chi connectivity index (χ1v) is 13.1. The van der Waals surface area contributed by atoms with Crippen LogP contribution in [0.25, 0.3) is 10.9 Å². The molecular weight excluding hydrogens is 450 g/mol. The van der Waals surface area contributed by atoms with E-state index in [1.165, 1.54) is 5.56 Å². The summed E-state index contributed by atoms with van der Waals surface area (Å²) < 4.78 is 5.66. The normalized spacial score (nSPS) is 16.8. The van der Waals surface area contributed by atoms with E-state index in [2.05, 4.69) is 43.0 Å². The highest BCUT2D eigenvalue weighted by atomic mass is 16.5. The van der Waals surface area contributed by atoms with Gasteiger partial charge < -0.3 is 9.64 Å². The van der Waals surface area contributed by atoms with Crippen molar-refractivity contribution in [2.24, 2.45) is 5.92 Å². The van der Waals surface area contributed by atoms with Crippen molar-refractivity contribution in [3.63, 3.8) is 0 Å². The fourth-order valence-electron chi connectivity index (χ4n) is 5.51. The van der Waals surface area contributed by atoms with Crippen molar-refractivity contribution >= 4 is 22.8 Å². The van der Waals surface area contributed by atoms with Crippen LogP contribution < -0.4 is 0 Å². The fraction of sp³-hybridized carbons (Fsp3) is 0.433. The lowest BCUT2D eigenvalue weighted by atomic mass is 9.90. The molecule has 188 valence electrons. The summed E-state index contributed by atoms with van der Waals surface area (Å²) >= 11 is 0. The smallest absolute Gasteiger partial charge is 0.339 e. The van der Waals surface area contributed by atoms with Crippen LogP contribution in [-0.2, 0) is 28.9 Å². The van der Waals surface area contributed by atoms with Gasteiger partial charge in [0.05, 0.1) is 11.1 Å². The van der Waals surface area contributed by atoms with Crippen molar-refractivity contribution in [1.29, 1.82) is 0 Å². The summed E-state index contributed by atoms with van der Waals surface area (Å²) in [5.41, 5.74) is 4.61. The van der Waals surface area contributed by atoms with Gasteiger partial charge in [-0.2, -0.15) is 0 Å². The van der Waals surface area contributed by atoms with Gasteiger partial charge in [0.1, 0.15) is 0 Å². The van der Waals surface area contributed by atoms with E-state index in [9.17, 15) is 9.59 Å². The molecule has 6 heteroatoms. The van der Waals surface area contributed by atoms with Crippen molar-refractivity contribution in [3.05, 3.63) is 77.0 Å². The molecule has 1 saturated heterocycles. The van der Waals surface area contributed by atoms with E-state index in [4.69, 9.17) is 9.72 Å². The average Bonchev–Trinajstić information content (AvgIpc) is 2.90. The molecule has 3 aromatic rings. The minimum atomic E-state index is -0.428. The number of piperidine rings is 1. The molecular formula is C30H35N3O3. The third-order valence-corrected chi connectivity index (χ3v) is 7.67. The van der Waals surface area contributed by atoms with Crippen LogP contribution in [0.1, 0.15) is 53.9 Å². The van der Waals surface area contributed by atoms with E-state index in [1.807, 2.05) is 35.2 Å². The first-order valence-electron chi connectivity index (χ1n) is 13.1. The van der Waals surface area contributed by atoms with Crippen LogP contribution in [0.4, 0.5) is 0 Å². The number of carbonyl (C=O) groups excluding carboxylic acids is 2. The number of hydrogen-bond acceptors (Lipinski definition) is 5. The van der Waals surface area contributed by atoms with Gasteiger partial charge in [-0.15, -0.1) is 0 Å². The van der Waals surface area contributed by atoms with Gasteiger partial charge in [0, 0.05) is 55.3 Å². The SMILES string of the molecule is CC(C)N1CCc2nc3ccccc3c(C(=O)OCC(=O)N3CCC(Cc4ccccc4)CC3)c2C1. The molecule has 0 unspecified atom stereocenters. The maximum absolute atomic E-state index is 13.4. The number of aromatic nitrogens is 1. The molecule has 1 fully saturated rings. The second-order valence-electron chi connectivity index (χ2n) is 10.3. The van der Waals surface area contributed by atoms with Gasteiger partial charge in [0.15, 0.2) is 6.61 Å². The Kier molecular flexibility index (Phi) is 7.33. The monoisotopic (exact) mass is 485 g/mol. The van der Waals surface area contributed by atoms with Gasteiger partial charge in [-0.05, 0) is 50.7 Å². The Labute approximate surface area is 213 Å². The number of ether oxygens (including phenoxy) is 1. The number of amides is 1. The highest BCUT2D eigenvalue weighted by Crippen LogP contribution is 2.29. The highest BCUT2D eigenvalue weighted by molar-refractivity contribution is 6.05. The van der Waals surface area contributed by atoms with Gasteiger partial charge in [0.2, 0.25) is 0 Å². The van der Waals surface area contributed by atoms with Crippen LogP contribution in [0, 0.1) is 5.92 Å². The summed E-state index contributed by atoms with van der Waals surface area (Å²) in [6.45, 7) is 7.12. The molecule has 3 heterocycles. The maximum Gasteiger partial charge on any atom is 0.339 e. The number of esters is 1. The molecule has 0 radical (unpaired) electrons. The Morgan fingerprint density at radius 3 is 2.47 bits per heavy atom. The lowest BCUT2D eigenvalue weighted by Gasteiger charge is -2.33. The number of para-hydroxylation sites is 1. The lowest BCUT2D eigenvalue weighted by molar-refractivity contribution is -0.135. The van der Waals surface area contributed by atoms with Gasteiger partial charge in [0.25, 0.3) is 5.91 Å². The molecule has 0 N–H and O–H groups in total. The van der Waals surface area contributed by atoms with E-state index >= 15 is 0 Å². The molecule has 2 aliphatic rings. The second kappa shape index (κ2) is 10.8. The molecule has 0 bridgehead atoms. The molecule has 0 saturated carbocycles. The number of benzene rings is 2. The van der Waals surface area contributed by atoms with E-state index in [1.54, 1.807) is 0 Å². The van der Waals surface area contributed by atoms with E-state index in [0.29, 0.717) is 37.2 Å². The Hall–Kier alpha value is -3.25. The Bertz CT molecular complexity index is 1230. The molecule has 0 atom stereocenters. The van der Waals surface area contributed by atoms with Crippen LogP contribution >= 0.6 is 0 Å². The maximum atomic E-state index is 13.4. The lowest BCUT2D eigenvalue weighted by Crippen LogP contribution is -2.41. The van der Waals surface area contributed by atoms with Crippen molar-refractivity contribution in [2.75, 3.05) is 26.2 Å². The molecule has 36 heavy (non-hydrogen) atoms. The first kappa shape index (κ1) is 24.4. The van der Waals surface area contributed by atoms with Crippen molar-refractivity contribution in [2.45, 2.75) is 52.1 Å². The van der Waals surface area contributed by atoms with Crippen LogP contribution in [-0.4, -0.2) is 58.9 Å². The Balaban J connectivity index is 1.25. The van der Waals surface area contributed by atoms with Gasteiger partial charge in [-0.3, -0.25) is 14.7 Å². The van der Waals surface area contributed by atoms with Gasteiger partial charge in [-0.1, -0.05) is 48.5 Å². The summed E-state index contributed by atoms with van der Waals surface area (Å²) in [5, 5.41) is 0.793. The highest BCUT2D eigenvalue weighted by Gasteiger charge is 2.29. The summed E-state index contributed by atoms with van der Waals surface area (Å²) in [6, 6.07) is 18.6. The van der Waals surface area contributed by atoms with Crippen LogP contribution in [0.2, 0.25) is 0 Å². The number of nitrogens with zero attached hydrogens (tertiary/aromatic N) is 3. The molecule has 2 aliphatic heterocycles. The van der Waals surface area contributed by atoms with Crippen LogP contribution in [0.15, 0.2) is 54.6 Å². The largest absolute Gasteiger partial charge is 0.452 e. The molecule has 0 aliphatic carbocycles. The van der Waals surface area contributed by atoms with Crippen molar-refractivity contribution in [1.82, 2.24) is 14.8 Å². The first-order chi connectivity index (χ1) is 17.5. The number of pyridine rings is 1. The van der Waals surface area contributed by atoms with Gasteiger partial charge in [-0.25, -0.2) is 4.79 Å². The molecule has 2 aromatic carbocycles. The topological polar surface area (TPSA) is 62.7 Å². The number of hydrogen-bond donors (Lipinski definition) is 0. The third kappa shape index (κ3) is 5.29. The van der Waals surface area contributed by atoms with Crippen molar-refractivity contribution < 1.29 is 14.3 Å².